The van der Waals surface area contributed by atoms with Gasteiger partial charge in [0.15, 0.2) is 0 Å². The van der Waals surface area contributed by atoms with Gasteiger partial charge in [0.25, 0.3) is 17.9 Å². The van der Waals surface area contributed by atoms with Gasteiger partial charge in [-0.15, -0.1) is 0 Å². The van der Waals surface area contributed by atoms with Crippen molar-refractivity contribution in [2.45, 2.75) is 45.0 Å². The van der Waals surface area contributed by atoms with Crippen LogP contribution in [0.5, 0.6) is 0 Å². The standard InChI is InChI=1S/C24H26F4IN5O/c1-2-17-14-20(32-23(30-17)34-11-7-24(27,28)8-12-34)31-22(35)18-4-3-16(29)13-19(18)33-9-5-15(6-10-33)21(25)26/h3-4,13-14H,2,5-12H2,1H3,(H,30,31,32,35). The van der Waals surface area contributed by atoms with Crippen LogP contribution in [0.1, 0.15) is 48.7 Å². The number of hydrogen-bond acceptors (Lipinski definition) is 5. The molecule has 2 fully saturated rings. The van der Waals surface area contributed by atoms with E-state index in [9.17, 15) is 22.4 Å². The van der Waals surface area contributed by atoms with Gasteiger partial charge in [-0.2, -0.15) is 13.8 Å². The minimum Gasteiger partial charge on any atom is -0.370 e. The Kier molecular flexibility index (Phi) is 7.82. The van der Waals surface area contributed by atoms with Crippen molar-refractivity contribution in [2.24, 2.45) is 0 Å². The fourth-order valence-electron chi connectivity index (χ4n) is 4.25. The lowest BCUT2D eigenvalue weighted by molar-refractivity contribution is -0.0222. The highest BCUT2D eigenvalue weighted by Crippen LogP contribution is 2.31. The van der Waals surface area contributed by atoms with Gasteiger partial charge in [0.2, 0.25) is 5.95 Å². The maximum atomic E-state index is 13.6. The largest absolute Gasteiger partial charge is 0.370 e. The zero-order valence-corrected chi connectivity index (χ0v) is 21.4. The molecule has 4 rings (SSSR count). The summed E-state index contributed by atoms with van der Waals surface area (Å²) in [5, 5.41) is 2.83. The summed E-state index contributed by atoms with van der Waals surface area (Å²) in [5.74, 6) is -2.45. The molecule has 3 heterocycles. The molecule has 2 saturated heterocycles. The molecule has 0 spiro atoms. The highest BCUT2D eigenvalue weighted by atomic mass is 127. The molecule has 1 aromatic carbocycles. The van der Waals surface area contributed by atoms with Crippen LogP contribution in [0.4, 0.5) is 35.0 Å². The van der Waals surface area contributed by atoms with E-state index in [1.54, 1.807) is 17.0 Å². The van der Waals surface area contributed by atoms with E-state index in [1.165, 1.54) is 0 Å². The van der Waals surface area contributed by atoms with Gasteiger partial charge in [-0.1, -0.05) is 6.92 Å². The third-order valence-corrected chi connectivity index (χ3v) is 7.00. The fourth-order valence-corrected chi connectivity index (χ4v) is 4.73. The number of nitrogens with zero attached hydrogens (tertiary/aromatic N) is 4. The van der Waals surface area contributed by atoms with Crippen molar-refractivity contribution in [3.05, 3.63) is 50.7 Å². The van der Waals surface area contributed by atoms with Gasteiger partial charge < -0.3 is 15.1 Å². The summed E-state index contributed by atoms with van der Waals surface area (Å²) in [6.45, 7) is 2.98. The molecule has 0 bridgehead atoms. The first-order valence-electron chi connectivity index (χ1n) is 11.5. The molecule has 0 radical (unpaired) electrons. The number of halogens is 5. The first-order chi connectivity index (χ1) is 16.6. The minimum absolute atomic E-state index is 0.139. The Bertz CT molecular complexity index is 1120. The summed E-state index contributed by atoms with van der Waals surface area (Å²) in [4.78, 5) is 25.9. The molecule has 2 aliphatic rings. The molecule has 2 aromatic rings. The van der Waals surface area contributed by atoms with Crippen LogP contribution < -0.4 is 15.1 Å². The predicted octanol–water partition coefficient (Wildman–Crippen LogP) is 5.88. The number of nitrogens with one attached hydrogen (secondary N) is 1. The number of piperidine rings is 2. The van der Waals surface area contributed by atoms with Crippen LogP contribution in [-0.2, 0) is 6.42 Å². The van der Waals surface area contributed by atoms with E-state index in [0.29, 0.717) is 48.2 Å². The van der Waals surface area contributed by atoms with Crippen molar-refractivity contribution in [3.8, 4) is 0 Å². The van der Waals surface area contributed by atoms with Gasteiger partial charge in [0.1, 0.15) is 5.82 Å². The molecule has 6 nitrogen and oxygen atoms in total. The van der Waals surface area contributed by atoms with Gasteiger partial charge >= 0.3 is 0 Å². The summed E-state index contributed by atoms with van der Waals surface area (Å²) < 4.78 is 54.1. The molecule has 2 aliphatic heterocycles. The van der Waals surface area contributed by atoms with Crippen molar-refractivity contribution in [3.63, 3.8) is 0 Å². The topological polar surface area (TPSA) is 61.4 Å². The van der Waals surface area contributed by atoms with Crippen LogP contribution in [0.3, 0.4) is 0 Å². The van der Waals surface area contributed by atoms with E-state index in [4.69, 9.17) is 0 Å². The van der Waals surface area contributed by atoms with E-state index in [0.717, 1.165) is 3.57 Å². The SMILES string of the molecule is CCc1cc(NC(=O)c2ccc(I)cc2N2CCC(=C(F)F)CC2)nc(N2CCC(F)(F)CC2)n1. The van der Waals surface area contributed by atoms with Crippen LogP contribution in [0.15, 0.2) is 35.9 Å². The second-order valence-electron chi connectivity index (χ2n) is 8.71. The normalized spacial score (nSPS) is 17.9. The smallest absolute Gasteiger partial charge is 0.269 e. The Balaban J connectivity index is 1.56. The minimum atomic E-state index is -2.68. The lowest BCUT2D eigenvalue weighted by atomic mass is 10.0. The average molecular weight is 603 g/mol. The molecule has 1 amide bonds. The molecule has 0 saturated carbocycles. The van der Waals surface area contributed by atoms with Crippen LogP contribution in [0, 0.1) is 3.57 Å². The fraction of sp³-hybridized carbons (Fsp3) is 0.458. The number of carbonyl (C=O) groups is 1. The third kappa shape index (κ3) is 6.22. The Morgan fingerprint density at radius 1 is 1.06 bits per heavy atom. The molecule has 35 heavy (non-hydrogen) atoms. The average Bonchev–Trinajstić information content (AvgIpc) is 2.83. The molecule has 1 aromatic heterocycles. The van der Waals surface area contributed by atoms with Crippen molar-refractivity contribution in [1.29, 1.82) is 0 Å². The second-order valence-corrected chi connectivity index (χ2v) is 9.95. The molecule has 0 atom stereocenters. The monoisotopic (exact) mass is 603 g/mol. The molecule has 11 heteroatoms. The summed E-state index contributed by atoms with van der Waals surface area (Å²) in [6, 6.07) is 7.07. The Morgan fingerprint density at radius 2 is 1.74 bits per heavy atom. The maximum absolute atomic E-state index is 13.6. The lowest BCUT2D eigenvalue weighted by Gasteiger charge is -2.32. The van der Waals surface area contributed by atoms with E-state index >= 15 is 0 Å². The Hall–Kier alpha value is -2.44. The van der Waals surface area contributed by atoms with Crippen LogP contribution in [0.2, 0.25) is 0 Å². The first kappa shape index (κ1) is 25.6. The van der Waals surface area contributed by atoms with Gasteiger partial charge in [0.05, 0.1) is 11.3 Å². The molecule has 1 N–H and O–H groups in total. The molecule has 0 aliphatic carbocycles. The van der Waals surface area contributed by atoms with Crippen molar-refractivity contribution >= 4 is 46.0 Å². The summed E-state index contributed by atoms with van der Waals surface area (Å²) in [5.41, 5.74) is 1.94. The highest BCUT2D eigenvalue weighted by Gasteiger charge is 2.35. The number of aromatic nitrogens is 2. The quantitative estimate of drug-likeness (QED) is 0.342. The van der Waals surface area contributed by atoms with Crippen molar-refractivity contribution in [2.75, 3.05) is 41.3 Å². The number of carbonyl (C=O) groups excluding carboxylic acids is 1. The highest BCUT2D eigenvalue weighted by molar-refractivity contribution is 14.1. The second kappa shape index (κ2) is 10.7. The van der Waals surface area contributed by atoms with E-state index in [2.05, 4.69) is 37.9 Å². The van der Waals surface area contributed by atoms with E-state index in [1.807, 2.05) is 24.0 Å². The van der Waals surface area contributed by atoms with Gasteiger partial charge in [-0.3, -0.25) is 4.79 Å². The summed E-state index contributed by atoms with van der Waals surface area (Å²) in [7, 11) is 0. The number of aryl methyl sites for hydroxylation is 1. The van der Waals surface area contributed by atoms with E-state index < -0.39 is 12.0 Å². The molecular formula is C24H26F4IN5O. The van der Waals surface area contributed by atoms with E-state index in [-0.39, 0.29) is 50.3 Å². The van der Waals surface area contributed by atoms with Gasteiger partial charge in [-0.05, 0) is 65.6 Å². The van der Waals surface area contributed by atoms with Crippen LogP contribution >= 0.6 is 22.6 Å². The molecular weight excluding hydrogens is 577 g/mol. The Labute approximate surface area is 214 Å². The summed E-state index contributed by atoms with van der Waals surface area (Å²) in [6.07, 6.45) is -1.06. The predicted molar refractivity (Wildman–Crippen MR) is 136 cm³/mol. The maximum Gasteiger partial charge on any atom is 0.269 e. The van der Waals surface area contributed by atoms with Crippen molar-refractivity contribution < 1.29 is 22.4 Å². The molecule has 0 unspecified atom stereocenters. The number of alkyl halides is 2. The lowest BCUT2D eigenvalue weighted by Crippen LogP contribution is -2.40. The number of anilines is 3. The zero-order valence-electron chi connectivity index (χ0n) is 19.3. The number of amides is 1. The zero-order chi connectivity index (χ0) is 25.2. The number of hydrogen-bond donors (Lipinski definition) is 1. The number of rotatable bonds is 5. The summed E-state index contributed by atoms with van der Waals surface area (Å²) >= 11 is 2.15. The number of benzene rings is 1. The third-order valence-electron chi connectivity index (χ3n) is 6.33. The first-order valence-corrected chi connectivity index (χ1v) is 12.6. The molecule has 188 valence electrons. The van der Waals surface area contributed by atoms with Crippen LogP contribution in [0.25, 0.3) is 0 Å². The van der Waals surface area contributed by atoms with Crippen molar-refractivity contribution in [1.82, 2.24) is 9.97 Å². The van der Waals surface area contributed by atoms with Gasteiger partial charge in [0, 0.05) is 54.4 Å². The van der Waals surface area contributed by atoms with Gasteiger partial charge in [-0.25, -0.2) is 13.8 Å². The Morgan fingerprint density at radius 3 is 2.37 bits per heavy atom. The van der Waals surface area contributed by atoms with Crippen LogP contribution in [-0.4, -0.2) is 48.0 Å².